The molecular weight excluding hydrogens is 544 g/mol. The van der Waals surface area contributed by atoms with Gasteiger partial charge in [-0.25, -0.2) is 14.5 Å². The van der Waals surface area contributed by atoms with E-state index in [0.717, 1.165) is 47.1 Å². The number of hydrogen-bond donors (Lipinski definition) is 2. The monoisotopic (exact) mass is 571 g/mol. The summed E-state index contributed by atoms with van der Waals surface area (Å²) >= 11 is 0. The highest BCUT2D eigenvalue weighted by Gasteiger charge is 2.31. The van der Waals surface area contributed by atoms with Crippen molar-refractivity contribution >= 4 is 21.7 Å². The molecule has 2 N–H and O–H groups in total. The second kappa shape index (κ2) is 10.3. The summed E-state index contributed by atoms with van der Waals surface area (Å²) in [4.78, 5) is 17.4. The van der Waals surface area contributed by atoms with Crippen LogP contribution in [0.2, 0.25) is 0 Å². The van der Waals surface area contributed by atoms with Gasteiger partial charge in [0, 0.05) is 24.0 Å². The Morgan fingerprint density at radius 1 is 1.18 bits per heavy atom. The van der Waals surface area contributed by atoms with E-state index in [0.29, 0.717) is 24.8 Å². The van der Waals surface area contributed by atoms with Gasteiger partial charge in [0.15, 0.2) is 5.03 Å². The number of halogens is 2. The molecule has 0 unspecified atom stereocenters. The average Bonchev–Trinajstić information content (AvgIpc) is 3.51. The Morgan fingerprint density at radius 2 is 1.98 bits per heavy atom. The molecule has 2 aromatic heterocycles. The number of carbonyl (C=O) groups is 1. The molecule has 0 spiro atoms. The molecule has 1 saturated heterocycles. The molecule has 2 amide bonds. The maximum absolute atomic E-state index is 13.1. The summed E-state index contributed by atoms with van der Waals surface area (Å²) in [7, 11) is -4.32. The maximum Gasteiger partial charge on any atom is 0.333 e. The molecule has 1 saturated carbocycles. The van der Waals surface area contributed by atoms with Gasteiger partial charge in [-0.1, -0.05) is 6.07 Å². The molecule has 2 aliphatic carbocycles. The Bertz CT molecular complexity index is 1620. The lowest BCUT2D eigenvalue weighted by Crippen LogP contribution is -2.38. The fourth-order valence-electron chi connectivity index (χ4n) is 5.32. The van der Waals surface area contributed by atoms with Crippen LogP contribution in [0, 0.1) is 6.92 Å². The van der Waals surface area contributed by atoms with E-state index >= 15 is 0 Å². The zero-order valence-electron chi connectivity index (χ0n) is 21.6. The average molecular weight is 572 g/mol. The highest BCUT2D eigenvalue weighted by Crippen LogP contribution is 2.41. The van der Waals surface area contributed by atoms with Crippen molar-refractivity contribution in [3.05, 3.63) is 65.0 Å². The molecule has 3 heterocycles. The number of carbonyl (C=O) groups excluding carboxylic acids is 1. The van der Waals surface area contributed by atoms with E-state index in [1.807, 2.05) is 17.7 Å². The Kier molecular flexibility index (Phi) is 6.78. The van der Waals surface area contributed by atoms with Crippen LogP contribution in [0.25, 0.3) is 11.1 Å². The normalized spacial score (nSPS) is 18.5. The van der Waals surface area contributed by atoms with Crippen LogP contribution >= 0.6 is 0 Å². The first-order valence-corrected chi connectivity index (χ1v) is 14.4. The van der Waals surface area contributed by atoms with Crippen molar-refractivity contribution in [3.63, 3.8) is 0 Å². The molecule has 0 bridgehead atoms. The molecule has 1 aliphatic heterocycles. The van der Waals surface area contributed by atoms with Crippen molar-refractivity contribution < 1.29 is 31.5 Å². The Morgan fingerprint density at radius 3 is 2.70 bits per heavy atom. The zero-order chi connectivity index (χ0) is 28.0. The van der Waals surface area contributed by atoms with Crippen molar-refractivity contribution in [3.8, 4) is 17.0 Å². The number of urea groups is 1. The third-order valence-electron chi connectivity index (χ3n) is 7.45. The fourth-order valence-corrected chi connectivity index (χ4v) is 6.16. The number of amides is 2. The van der Waals surface area contributed by atoms with E-state index in [9.17, 15) is 22.0 Å². The molecule has 2 fully saturated rings. The molecule has 1 aromatic carbocycles. The summed E-state index contributed by atoms with van der Waals surface area (Å²) < 4.78 is 65.8. The molecular formula is C27H27F2N5O5S. The SMILES string of the molecule is Cc1cc2c(c(NC(=O)NS(=O)(=O)c3ccn(C4CC(=C(F)F)C4)n3)c1-c1ccnc(OC3COC3)c1)CCC2. The lowest BCUT2D eigenvalue weighted by atomic mass is 9.87. The van der Waals surface area contributed by atoms with E-state index in [1.54, 1.807) is 12.3 Å². The molecule has 6 rings (SSSR count). The molecule has 10 nitrogen and oxygen atoms in total. The van der Waals surface area contributed by atoms with Gasteiger partial charge in [0.05, 0.1) is 24.9 Å². The number of hydrogen-bond acceptors (Lipinski definition) is 7. The van der Waals surface area contributed by atoms with Crippen LogP contribution in [-0.2, 0) is 27.6 Å². The minimum absolute atomic E-state index is 0.0360. The van der Waals surface area contributed by atoms with Gasteiger partial charge in [0.1, 0.15) is 6.10 Å². The van der Waals surface area contributed by atoms with Gasteiger partial charge < -0.3 is 14.8 Å². The first kappa shape index (κ1) is 26.4. The van der Waals surface area contributed by atoms with Gasteiger partial charge in [-0.15, -0.1) is 0 Å². The van der Waals surface area contributed by atoms with Crippen LogP contribution in [-0.4, -0.2) is 48.5 Å². The van der Waals surface area contributed by atoms with Gasteiger partial charge in [-0.05, 0) is 79.0 Å². The lowest BCUT2D eigenvalue weighted by molar-refractivity contribution is -0.0813. The Labute approximate surface area is 229 Å². The number of benzene rings is 1. The Balaban J connectivity index is 1.24. The summed E-state index contributed by atoms with van der Waals surface area (Å²) in [5.41, 5.74) is 5.08. The highest BCUT2D eigenvalue weighted by molar-refractivity contribution is 7.90. The van der Waals surface area contributed by atoms with Crippen LogP contribution in [0.3, 0.4) is 0 Å². The summed E-state index contributed by atoms with van der Waals surface area (Å²) in [6, 6.07) is 5.67. The second-order valence-electron chi connectivity index (χ2n) is 10.2. The number of aromatic nitrogens is 3. The predicted molar refractivity (Wildman–Crippen MR) is 141 cm³/mol. The standard InChI is InChI=1S/C27H27F2N5O5S/c1-15-9-16-3-2-4-21(16)25(24(15)17-5-7-30-22(12-17)39-20-13-38-14-20)31-27(35)33-40(36,37)23-6-8-34(32-23)19-10-18(11-19)26(28)29/h5-9,12,19-20H,2-4,10-11,13-14H2,1H3,(H2,31,33,35). The molecule has 40 heavy (non-hydrogen) atoms. The van der Waals surface area contributed by atoms with Crippen molar-refractivity contribution in [2.75, 3.05) is 18.5 Å². The van der Waals surface area contributed by atoms with E-state index in [4.69, 9.17) is 9.47 Å². The number of anilines is 1. The van der Waals surface area contributed by atoms with Crippen LogP contribution in [0.5, 0.6) is 5.88 Å². The van der Waals surface area contributed by atoms with Gasteiger partial charge in [-0.3, -0.25) is 4.68 Å². The smallest absolute Gasteiger partial charge is 0.333 e. The minimum atomic E-state index is -4.32. The number of sulfonamides is 1. The lowest BCUT2D eigenvalue weighted by Gasteiger charge is -2.28. The second-order valence-corrected chi connectivity index (χ2v) is 11.8. The Hall–Kier alpha value is -3.84. The van der Waals surface area contributed by atoms with Crippen LogP contribution in [0.4, 0.5) is 19.3 Å². The number of allylic oxidation sites excluding steroid dienone is 1. The molecule has 0 radical (unpaired) electrons. The number of rotatable bonds is 7. The highest BCUT2D eigenvalue weighted by atomic mass is 32.2. The van der Waals surface area contributed by atoms with Crippen molar-refractivity contribution in [2.24, 2.45) is 0 Å². The molecule has 210 valence electrons. The van der Waals surface area contributed by atoms with Crippen molar-refractivity contribution in [2.45, 2.75) is 56.2 Å². The number of pyridine rings is 1. The quantitative estimate of drug-likeness (QED) is 0.427. The summed E-state index contributed by atoms with van der Waals surface area (Å²) in [6.45, 7) is 2.94. The molecule has 13 heteroatoms. The third kappa shape index (κ3) is 5.06. The maximum atomic E-state index is 13.1. The van der Waals surface area contributed by atoms with Gasteiger partial charge in [-0.2, -0.15) is 22.3 Å². The van der Waals surface area contributed by atoms with E-state index in [2.05, 4.69) is 21.5 Å². The summed E-state index contributed by atoms with van der Waals surface area (Å²) in [5.74, 6) is 0.433. The van der Waals surface area contributed by atoms with E-state index in [-0.39, 0.29) is 35.6 Å². The van der Waals surface area contributed by atoms with Crippen LogP contribution < -0.4 is 14.8 Å². The molecule has 3 aromatic rings. The third-order valence-corrected chi connectivity index (χ3v) is 8.67. The number of fused-ring (bicyclic) bond motifs is 1. The minimum Gasteiger partial charge on any atom is -0.469 e. The van der Waals surface area contributed by atoms with Gasteiger partial charge in [0.2, 0.25) is 5.88 Å². The van der Waals surface area contributed by atoms with Crippen LogP contribution in [0.15, 0.2) is 53.3 Å². The van der Waals surface area contributed by atoms with Gasteiger partial charge in [0.25, 0.3) is 16.1 Å². The number of nitrogens with zero attached hydrogens (tertiary/aromatic N) is 3. The van der Waals surface area contributed by atoms with Crippen molar-refractivity contribution in [1.29, 1.82) is 0 Å². The fraction of sp³-hybridized carbons (Fsp3) is 0.370. The molecule has 0 atom stereocenters. The van der Waals surface area contributed by atoms with Gasteiger partial charge >= 0.3 is 6.03 Å². The first-order valence-electron chi connectivity index (χ1n) is 13.0. The summed E-state index contributed by atoms with van der Waals surface area (Å²) in [6.07, 6.45) is 4.00. The molecule has 3 aliphatic rings. The topological polar surface area (TPSA) is 124 Å². The number of nitrogens with one attached hydrogen (secondary N) is 2. The summed E-state index contributed by atoms with van der Waals surface area (Å²) in [5, 5.41) is 6.45. The number of ether oxygens (including phenoxy) is 2. The largest absolute Gasteiger partial charge is 0.469 e. The van der Waals surface area contributed by atoms with Crippen LogP contribution in [0.1, 0.15) is 42.0 Å². The number of aryl methyl sites for hydroxylation is 2. The van der Waals surface area contributed by atoms with E-state index in [1.165, 1.54) is 16.9 Å². The zero-order valence-corrected chi connectivity index (χ0v) is 22.4. The first-order chi connectivity index (χ1) is 19.2. The predicted octanol–water partition coefficient (Wildman–Crippen LogP) is 4.52. The van der Waals surface area contributed by atoms with Crippen molar-refractivity contribution in [1.82, 2.24) is 19.5 Å². The van der Waals surface area contributed by atoms with E-state index < -0.39 is 22.1 Å².